The lowest BCUT2D eigenvalue weighted by Gasteiger charge is -2.28. The number of ether oxygens (including phenoxy) is 1. The minimum Gasteiger partial charge on any atom is -0.384 e. The number of fused-ring (bicyclic) bond motifs is 1. The number of hydrogen-bond donors (Lipinski definition) is 2. The first kappa shape index (κ1) is 19.4. The van der Waals surface area contributed by atoms with E-state index in [1.54, 1.807) is 24.4 Å². The average molecular weight is 419 g/mol. The van der Waals surface area contributed by atoms with E-state index in [2.05, 4.69) is 25.3 Å². The molecule has 0 aliphatic carbocycles. The van der Waals surface area contributed by atoms with Crippen LogP contribution in [0.15, 0.2) is 59.7 Å². The number of dihydropyridines is 1. The van der Waals surface area contributed by atoms with E-state index in [0.717, 1.165) is 16.6 Å². The highest BCUT2D eigenvalue weighted by Crippen LogP contribution is 2.30. The molecule has 4 heterocycles. The zero-order chi connectivity index (χ0) is 21.2. The molecule has 0 amide bonds. The minimum atomic E-state index is -1.49. The lowest BCUT2D eigenvalue weighted by Crippen LogP contribution is -2.37. The van der Waals surface area contributed by atoms with E-state index in [1.807, 2.05) is 35.2 Å². The van der Waals surface area contributed by atoms with Gasteiger partial charge in [-0.3, -0.25) is 4.98 Å². The summed E-state index contributed by atoms with van der Waals surface area (Å²) in [6.07, 6.45) is 3.56. The van der Waals surface area contributed by atoms with Crippen LogP contribution in [0.5, 0.6) is 0 Å². The number of aliphatic imine (C=N–C) groups is 1. The van der Waals surface area contributed by atoms with Gasteiger partial charge in [-0.25, -0.2) is 14.4 Å². The van der Waals surface area contributed by atoms with Crippen LogP contribution in [0.4, 0.5) is 21.8 Å². The van der Waals surface area contributed by atoms with Gasteiger partial charge in [0.25, 0.3) is 0 Å². The molecule has 2 unspecified atom stereocenters. The van der Waals surface area contributed by atoms with Crippen molar-refractivity contribution in [2.45, 2.75) is 12.2 Å². The van der Waals surface area contributed by atoms with Gasteiger partial charge < -0.3 is 20.7 Å². The summed E-state index contributed by atoms with van der Waals surface area (Å²) in [5, 5.41) is 4.31. The molecule has 3 N–H and O–H groups in total. The quantitative estimate of drug-likeness (QED) is 0.627. The predicted octanol–water partition coefficient (Wildman–Crippen LogP) is 2.91. The number of halogens is 1. The Morgan fingerprint density at radius 1 is 1.13 bits per heavy atom. The molecule has 2 aliphatic heterocycles. The Morgan fingerprint density at radius 2 is 1.97 bits per heavy atom. The van der Waals surface area contributed by atoms with Gasteiger partial charge in [-0.1, -0.05) is 24.3 Å². The lowest BCUT2D eigenvalue weighted by atomic mass is 10.0. The number of nitrogens with zero attached hydrogens (tertiary/aromatic N) is 5. The van der Waals surface area contributed by atoms with Crippen LogP contribution in [0.1, 0.15) is 11.6 Å². The highest BCUT2D eigenvalue weighted by molar-refractivity contribution is 5.92. The van der Waals surface area contributed by atoms with Gasteiger partial charge >= 0.3 is 0 Å². The number of hydrogen-bond acceptors (Lipinski definition) is 8. The van der Waals surface area contributed by atoms with Gasteiger partial charge in [0.15, 0.2) is 0 Å². The van der Waals surface area contributed by atoms with Crippen molar-refractivity contribution in [3.63, 3.8) is 0 Å². The first-order valence-electron chi connectivity index (χ1n) is 10.1. The molecule has 1 aromatic carbocycles. The molecule has 0 bridgehead atoms. The number of morpholine rings is 1. The number of pyridine rings is 1. The van der Waals surface area contributed by atoms with Gasteiger partial charge in [-0.05, 0) is 18.2 Å². The molecule has 0 spiro atoms. The van der Waals surface area contributed by atoms with Crippen molar-refractivity contribution >= 4 is 34.2 Å². The summed E-state index contributed by atoms with van der Waals surface area (Å²) in [5.41, 5.74) is 7.87. The molecular formula is C22H22FN7O. The molecule has 158 valence electrons. The van der Waals surface area contributed by atoms with Crippen molar-refractivity contribution in [3.8, 4) is 0 Å². The van der Waals surface area contributed by atoms with E-state index in [4.69, 9.17) is 10.5 Å². The van der Waals surface area contributed by atoms with Gasteiger partial charge in [0.1, 0.15) is 11.7 Å². The number of nitrogens with one attached hydrogen (secondary N) is 1. The maximum Gasteiger partial charge on any atom is 0.227 e. The summed E-state index contributed by atoms with van der Waals surface area (Å²) < 4.78 is 20.1. The normalized spacial score (nSPS) is 21.2. The van der Waals surface area contributed by atoms with Crippen molar-refractivity contribution in [1.29, 1.82) is 0 Å². The molecule has 0 saturated carbocycles. The monoisotopic (exact) mass is 419 g/mol. The number of rotatable bonds is 4. The molecule has 2 atom stereocenters. The second-order valence-electron chi connectivity index (χ2n) is 7.43. The first-order valence-corrected chi connectivity index (χ1v) is 10.1. The number of benzene rings is 1. The standard InChI is InChI=1S/C22H22FN7O/c23-21-16(5-6-19(24)28-21)18-12-20(29-22(27-18)30-7-9-31-10-8-30)26-15-11-14-3-1-2-4-17(14)25-13-15/h1-6,11-13,16,21H,7-10H2,(H2,24,28)(H,26,27,29). The van der Waals surface area contributed by atoms with Crippen LogP contribution in [0, 0.1) is 0 Å². The number of amidine groups is 1. The van der Waals surface area contributed by atoms with E-state index in [-0.39, 0.29) is 5.84 Å². The lowest BCUT2D eigenvalue weighted by molar-refractivity contribution is 0.122. The van der Waals surface area contributed by atoms with Crippen LogP contribution < -0.4 is 16.0 Å². The molecule has 2 aromatic heterocycles. The SMILES string of the molecule is NC1=NC(F)C(c2cc(Nc3cnc4ccccc4c3)nc(N3CCOCC3)n2)C=C1. The van der Waals surface area contributed by atoms with E-state index in [9.17, 15) is 4.39 Å². The molecule has 31 heavy (non-hydrogen) atoms. The maximum atomic E-state index is 14.6. The fraction of sp³-hybridized carbons (Fsp3) is 0.273. The van der Waals surface area contributed by atoms with Crippen LogP contribution in [0.2, 0.25) is 0 Å². The summed E-state index contributed by atoms with van der Waals surface area (Å²) in [6, 6.07) is 11.6. The largest absolute Gasteiger partial charge is 0.384 e. The summed E-state index contributed by atoms with van der Waals surface area (Å²) in [6.45, 7) is 2.54. The first-order chi connectivity index (χ1) is 15.2. The Kier molecular flexibility index (Phi) is 5.17. The van der Waals surface area contributed by atoms with E-state index in [1.165, 1.54) is 0 Å². The molecule has 3 aromatic rings. The number of nitrogens with two attached hydrogens (primary N) is 1. The van der Waals surface area contributed by atoms with Crippen LogP contribution in [0.25, 0.3) is 10.9 Å². The third kappa shape index (κ3) is 4.17. The predicted molar refractivity (Wildman–Crippen MR) is 118 cm³/mol. The Hall–Kier alpha value is -3.59. The average Bonchev–Trinajstić information content (AvgIpc) is 2.79. The Morgan fingerprint density at radius 3 is 2.81 bits per heavy atom. The molecular weight excluding hydrogens is 397 g/mol. The van der Waals surface area contributed by atoms with Crippen LogP contribution in [-0.4, -0.2) is 53.4 Å². The van der Waals surface area contributed by atoms with Crippen molar-refractivity contribution < 1.29 is 9.13 Å². The topological polar surface area (TPSA) is 102 Å². The number of alkyl halides is 1. The summed E-state index contributed by atoms with van der Waals surface area (Å²) >= 11 is 0. The molecule has 0 radical (unpaired) electrons. The highest BCUT2D eigenvalue weighted by Gasteiger charge is 2.26. The number of para-hydroxylation sites is 1. The van der Waals surface area contributed by atoms with Gasteiger partial charge in [-0.2, -0.15) is 4.98 Å². The molecule has 8 nitrogen and oxygen atoms in total. The third-order valence-electron chi connectivity index (χ3n) is 5.28. The van der Waals surface area contributed by atoms with Gasteiger partial charge in [0.05, 0.1) is 42.2 Å². The Bertz CT molecular complexity index is 1160. The Balaban J connectivity index is 1.51. The van der Waals surface area contributed by atoms with Crippen LogP contribution >= 0.6 is 0 Å². The zero-order valence-corrected chi connectivity index (χ0v) is 16.8. The van der Waals surface area contributed by atoms with Gasteiger partial charge in [0, 0.05) is 24.5 Å². The van der Waals surface area contributed by atoms with E-state index in [0.29, 0.717) is 43.8 Å². The highest BCUT2D eigenvalue weighted by atomic mass is 19.1. The van der Waals surface area contributed by atoms with Gasteiger partial charge in [0.2, 0.25) is 12.2 Å². The molecule has 9 heteroatoms. The molecule has 1 saturated heterocycles. The number of anilines is 3. The van der Waals surface area contributed by atoms with Gasteiger partial charge in [-0.15, -0.1) is 0 Å². The number of aromatic nitrogens is 3. The third-order valence-corrected chi connectivity index (χ3v) is 5.28. The summed E-state index contributed by atoms with van der Waals surface area (Å²) in [5.74, 6) is 0.629. The smallest absolute Gasteiger partial charge is 0.227 e. The fourth-order valence-electron chi connectivity index (χ4n) is 3.68. The van der Waals surface area contributed by atoms with E-state index < -0.39 is 12.2 Å². The zero-order valence-electron chi connectivity index (χ0n) is 16.8. The van der Waals surface area contributed by atoms with Crippen LogP contribution in [0.3, 0.4) is 0 Å². The molecule has 5 rings (SSSR count). The summed E-state index contributed by atoms with van der Waals surface area (Å²) in [4.78, 5) is 19.7. The van der Waals surface area contributed by atoms with Crippen molar-refractivity contribution in [2.75, 3.05) is 36.5 Å². The second kappa shape index (κ2) is 8.27. The fourth-order valence-corrected chi connectivity index (χ4v) is 3.68. The van der Waals surface area contributed by atoms with E-state index >= 15 is 0 Å². The molecule has 2 aliphatic rings. The second-order valence-corrected chi connectivity index (χ2v) is 7.43. The van der Waals surface area contributed by atoms with Crippen molar-refractivity contribution in [1.82, 2.24) is 15.0 Å². The maximum absolute atomic E-state index is 14.6. The summed E-state index contributed by atoms with van der Waals surface area (Å²) in [7, 11) is 0. The van der Waals surface area contributed by atoms with Crippen molar-refractivity contribution in [2.24, 2.45) is 10.7 Å². The molecule has 1 fully saturated rings. The van der Waals surface area contributed by atoms with Crippen LogP contribution in [-0.2, 0) is 4.74 Å². The minimum absolute atomic E-state index is 0.173. The van der Waals surface area contributed by atoms with Crippen molar-refractivity contribution in [3.05, 3.63) is 60.4 Å². The Labute approximate surface area is 178 Å².